The molecule has 1 fully saturated rings. The first-order valence-electron chi connectivity index (χ1n) is 7.03. The van der Waals surface area contributed by atoms with Gasteiger partial charge in [0.1, 0.15) is 5.69 Å². The zero-order valence-electron chi connectivity index (χ0n) is 12.2. The molecule has 7 heteroatoms. The Balaban J connectivity index is 1.86. The van der Waals surface area contributed by atoms with Gasteiger partial charge in [-0.1, -0.05) is 18.2 Å². The second-order valence-electron chi connectivity index (χ2n) is 5.46. The third-order valence-electron chi connectivity index (χ3n) is 3.97. The summed E-state index contributed by atoms with van der Waals surface area (Å²) < 4.78 is 24.9. The highest BCUT2D eigenvalue weighted by Crippen LogP contribution is 2.19. The van der Waals surface area contributed by atoms with Gasteiger partial charge >= 0.3 is 0 Å². The van der Waals surface area contributed by atoms with E-state index >= 15 is 0 Å². The number of para-hydroxylation sites is 1. The zero-order chi connectivity index (χ0) is 15.7. The van der Waals surface area contributed by atoms with Crippen LogP contribution in [-0.2, 0) is 9.84 Å². The molecule has 2 aromatic rings. The van der Waals surface area contributed by atoms with Gasteiger partial charge in [0.2, 0.25) is 0 Å². The first-order chi connectivity index (χ1) is 10.5. The van der Waals surface area contributed by atoms with Crippen LogP contribution in [0.25, 0.3) is 5.69 Å². The number of sulfone groups is 1. The van der Waals surface area contributed by atoms with E-state index in [9.17, 15) is 13.2 Å². The Bertz CT molecular complexity index is 783. The van der Waals surface area contributed by atoms with E-state index in [0.29, 0.717) is 12.1 Å². The van der Waals surface area contributed by atoms with E-state index in [1.807, 2.05) is 30.3 Å². The second kappa shape index (κ2) is 5.57. The molecule has 0 radical (unpaired) electrons. The van der Waals surface area contributed by atoms with E-state index in [4.69, 9.17) is 0 Å². The summed E-state index contributed by atoms with van der Waals surface area (Å²) in [6.45, 7) is 0. The zero-order valence-corrected chi connectivity index (χ0v) is 13.0. The number of hydrogen-bond donors (Lipinski definition) is 0. The van der Waals surface area contributed by atoms with Crippen LogP contribution in [0.4, 0.5) is 0 Å². The lowest BCUT2D eigenvalue weighted by Gasteiger charge is -2.23. The van der Waals surface area contributed by atoms with Crippen LogP contribution >= 0.6 is 0 Å². The Morgan fingerprint density at radius 1 is 1.32 bits per heavy atom. The molecule has 1 atom stereocenters. The number of aromatic nitrogens is 2. The highest BCUT2D eigenvalue weighted by atomic mass is 32.2. The maximum Gasteiger partial charge on any atom is 0.272 e. The first-order valence-corrected chi connectivity index (χ1v) is 8.85. The number of nitrogens with zero attached hydrogens (tertiary/aromatic N) is 3. The average Bonchev–Trinajstić information content (AvgIpc) is 3.13. The number of amides is 1. The summed E-state index contributed by atoms with van der Waals surface area (Å²) in [5, 5.41) is 0. The predicted molar refractivity (Wildman–Crippen MR) is 82.7 cm³/mol. The maximum absolute atomic E-state index is 12.7. The molecule has 116 valence electrons. The summed E-state index contributed by atoms with van der Waals surface area (Å²) in [5.41, 5.74) is 1.27. The summed E-state index contributed by atoms with van der Waals surface area (Å²) in [7, 11) is -1.37. The Labute approximate surface area is 129 Å². The lowest BCUT2D eigenvalue weighted by atomic mass is 10.2. The van der Waals surface area contributed by atoms with Crippen molar-refractivity contribution >= 4 is 15.7 Å². The van der Waals surface area contributed by atoms with E-state index in [1.54, 1.807) is 17.9 Å². The van der Waals surface area contributed by atoms with Crippen molar-refractivity contribution < 1.29 is 13.2 Å². The second-order valence-corrected chi connectivity index (χ2v) is 7.69. The molecule has 0 N–H and O–H groups in total. The lowest BCUT2D eigenvalue weighted by Crippen LogP contribution is -2.38. The van der Waals surface area contributed by atoms with Crippen LogP contribution in [0, 0.1) is 0 Å². The number of rotatable bonds is 3. The van der Waals surface area contributed by atoms with E-state index < -0.39 is 9.84 Å². The topological polar surface area (TPSA) is 72.3 Å². The van der Waals surface area contributed by atoms with Crippen molar-refractivity contribution in [1.82, 2.24) is 14.5 Å². The molecule has 3 rings (SSSR count). The molecule has 6 nitrogen and oxygen atoms in total. The van der Waals surface area contributed by atoms with Gasteiger partial charge in [-0.05, 0) is 18.6 Å². The minimum Gasteiger partial charge on any atom is -0.336 e. The van der Waals surface area contributed by atoms with Crippen molar-refractivity contribution in [2.75, 3.05) is 18.6 Å². The van der Waals surface area contributed by atoms with Gasteiger partial charge in [0, 0.05) is 18.8 Å². The van der Waals surface area contributed by atoms with Crippen LogP contribution in [0.2, 0.25) is 0 Å². The van der Waals surface area contributed by atoms with Crippen LogP contribution in [0.5, 0.6) is 0 Å². The van der Waals surface area contributed by atoms with Gasteiger partial charge in [-0.15, -0.1) is 0 Å². The molecule has 22 heavy (non-hydrogen) atoms. The van der Waals surface area contributed by atoms with Crippen molar-refractivity contribution in [3.8, 4) is 5.69 Å². The van der Waals surface area contributed by atoms with E-state index in [0.717, 1.165) is 5.69 Å². The van der Waals surface area contributed by atoms with Gasteiger partial charge in [0.15, 0.2) is 9.84 Å². The molecule has 0 saturated carbocycles. The SMILES string of the molecule is CN(C(=O)c1cncn1-c1ccccc1)[C@H]1CCS(=O)(=O)C1. The van der Waals surface area contributed by atoms with Gasteiger partial charge in [-0.2, -0.15) is 0 Å². The van der Waals surface area contributed by atoms with Gasteiger partial charge in [-0.3, -0.25) is 9.36 Å². The van der Waals surface area contributed by atoms with Gasteiger partial charge in [-0.25, -0.2) is 13.4 Å². The largest absolute Gasteiger partial charge is 0.336 e. The molecule has 1 aromatic carbocycles. The van der Waals surface area contributed by atoms with Crippen LogP contribution in [0.1, 0.15) is 16.9 Å². The predicted octanol–water partition coefficient (Wildman–Crippen LogP) is 1.13. The minimum atomic E-state index is -3.02. The maximum atomic E-state index is 12.7. The number of carbonyl (C=O) groups excluding carboxylic acids is 1. The summed E-state index contributed by atoms with van der Waals surface area (Å²) in [6.07, 6.45) is 3.58. The Kier molecular flexibility index (Phi) is 3.74. The standard InChI is InChI=1S/C15H17N3O3S/c1-17(13-7-8-22(20,21)10-13)15(19)14-9-16-11-18(14)12-5-3-2-4-6-12/h2-6,9,11,13H,7-8,10H2,1H3/t13-/m0/s1. The minimum absolute atomic E-state index is 0.0364. The van der Waals surface area contributed by atoms with Gasteiger partial charge in [0.05, 0.1) is 24.0 Å². The molecule has 1 aromatic heterocycles. The smallest absolute Gasteiger partial charge is 0.272 e. The molecule has 1 saturated heterocycles. The molecular weight excluding hydrogens is 302 g/mol. The molecule has 1 aliphatic rings. The molecular formula is C15H17N3O3S. The first kappa shape index (κ1) is 14.8. The summed E-state index contributed by atoms with van der Waals surface area (Å²) in [5.74, 6) is -0.0365. The number of hydrogen-bond acceptors (Lipinski definition) is 4. The Morgan fingerprint density at radius 2 is 2.05 bits per heavy atom. The molecule has 0 unspecified atom stereocenters. The van der Waals surface area contributed by atoms with Gasteiger partial charge in [0.25, 0.3) is 5.91 Å². The fourth-order valence-corrected chi connectivity index (χ4v) is 4.45. The van der Waals surface area contributed by atoms with E-state index in [2.05, 4.69) is 4.98 Å². The monoisotopic (exact) mass is 319 g/mol. The normalized spacial score (nSPS) is 20.0. The summed E-state index contributed by atoms with van der Waals surface area (Å²) in [4.78, 5) is 18.2. The number of carbonyl (C=O) groups is 1. The Hall–Kier alpha value is -2.15. The Morgan fingerprint density at radius 3 is 2.68 bits per heavy atom. The van der Waals surface area contributed by atoms with Crippen LogP contribution in [-0.4, -0.2) is 53.4 Å². The highest BCUT2D eigenvalue weighted by molar-refractivity contribution is 7.91. The summed E-state index contributed by atoms with van der Waals surface area (Å²) >= 11 is 0. The number of benzene rings is 1. The molecule has 0 bridgehead atoms. The van der Waals surface area contributed by atoms with E-state index in [-0.39, 0.29) is 23.5 Å². The lowest BCUT2D eigenvalue weighted by molar-refractivity contribution is 0.0739. The summed E-state index contributed by atoms with van der Waals surface area (Å²) in [6, 6.07) is 9.18. The molecule has 0 spiro atoms. The van der Waals surface area contributed by atoms with Crippen molar-refractivity contribution in [1.29, 1.82) is 0 Å². The third-order valence-corrected chi connectivity index (χ3v) is 5.72. The van der Waals surface area contributed by atoms with Crippen molar-refractivity contribution in [2.45, 2.75) is 12.5 Å². The fraction of sp³-hybridized carbons (Fsp3) is 0.333. The quantitative estimate of drug-likeness (QED) is 0.850. The van der Waals surface area contributed by atoms with E-state index in [1.165, 1.54) is 11.1 Å². The van der Waals surface area contributed by atoms with Crippen LogP contribution in [0.3, 0.4) is 0 Å². The molecule has 0 aliphatic carbocycles. The molecule has 2 heterocycles. The van der Waals surface area contributed by atoms with Crippen LogP contribution in [0.15, 0.2) is 42.9 Å². The van der Waals surface area contributed by atoms with Gasteiger partial charge < -0.3 is 4.90 Å². The highest BCUT2D eigenvalue weighted by Gasteiger charge is 2.33. The molecule has 1 amide bonds. The van der Waals surface area contributed by atoms with Crippen molar-refractivity contribution in [3.05, 3.63) is 48.5 Å². The van der Waals surface area contributed by atoms with Crippen LogP contribution < -0.4 is 0 Å². The van der Waals surface area contributed by atoms with Crippen molar-refractivity contribution in [2.24, 2.45) is 0 Å². The fourth-order valence-electron chi connectivity index (χ4n) is 2.67. The third kappa shape index (κ3) is 2.76. The molecule has 1 aliphatic heterocycles. The number of imidazole rings is 1. The average molecular weight is 319 g/mol. The van der Waals surface area contributed by atoms with Crippen molar-refractivity contribution in [3.63, 3.8) is 0 Å².